The van der Waals surface area contributed by atoms with E-state index in [1.807, 2.05) is 6.55 Å². The summed E-state index contributed by atoms with van der Waals surface area (Å²) < 4.78 is 25.2. The van der Waals surface area contributed by atoms with E-state index in [1.54, 1.807) is 35.5 Å². The van der Waals surface area contributed by atoms with Crippen molar-refractivity contribution in [2.75, 3.05) is 41.4 Å². The Morgan fingerprint density at radius 3 is 1.53 bits per heavy atom. The molecule has 0 radical (unpaired) electrons. The molecule has 0 aromatic heterocycles. The van der Waals surface area contributed by atoms with Gasteiger partial charge < -0.3 is 22.1 Å². The molecule has 0 N–H and O–H groups in total. The van der Waals surface area contributed by atoms with Crippen molar-refractivity contribution in [2.45, 2.75) is 19.0 Å². The van der Waals surface area contributed by atoms with Crippen LogP contribution in [-0.4, -0.2) is 59.5 Å². The summed E-state index contributed by atoms with van der Waals surface area (Å²) in [7, 11) is 4.66. The first-order chi connectivity index (χ1) is 8.05. The molecule has 0 aromatic carbocycles. The summed E-state index contributed by atoms with van der Waals surface area (Å²) in [4.78, 5) is 0. The highest BCUT2D eigenvalue weighted by atomic mass is 35.5. The zero-order chi connectivity index (χ0) is 13.7. The molecular formula is C9H25ClO5Si2. The van der Waals surface area contributed by atoms with Gasteiger partial charge >= 0.3 is 18.1 Å². The van der Waals surface area contributed by atoms with Gasteiger partial charge in [-0.2, -0.15) is 0 Å². The van der Waals surface area contributed by atoms with E-state index < -0.39 is 18.1 Å². The van der Waals surface area contributed by atoms with Gasteiger partial charge in [0.2, 0.25) is 0 Å². The monoisotopic (exact) mass is 304 g/mol. The Bertz CT molecular complexity index is 148. The lowest BCUT2D eigenvalue weighted by molar-refractivity contribution is 0.123. The van der Waals surface area contributed by atoms with Crippen LogP contribution in [0.1, 0.15) is 6.42 Å². The van der Waals surface area contributed by atoms with Gasteiger partial charge in [-0.3, -0.25) is 0 Å². The number of rotatable bonds is 8. The number of alkyl halides is 1. The van der Waals surface area contributed by atoms with Crippen molar-refractivity contribution >= 4 is 29.7 Å². The Balaban J connectivity index is 0. The van der Waals surface area contributed by atoms with Crippen LogP contribution >= 0.6 is 11.6 Å². The predicted octanol–water partition coefficient (Wildman–Crippen LogP) is 1.62. The molecule has 0 spiro atoms. The van der Waals surface area contributed by atoms with E-state index in [4.69, 9.17) is 33.7 Å². The molecule has 0 saturated carbocycles. The highest BCUT2D eigenvalue weighted by Crippen LogP contribution is 2.14. The fourth-order valence-electron chi connectivity index (χ4n) is 0.936. The minimum atomic E-state index is -2.32. The Morgan fingerprint density at radius 1 is 0.941 bits per heavy atom. The third-order valence-corrected chi connectivity index (χ3v) is 6.64. The lowest BCUT2D eigenvalue weighted by Crippen LogP contribution is -2.42. The third kappa shape index (κ3) is 10.2. The summed E-state index contributed by atoms with van der Waals surface area (Å²) in [5.74, 6) is 0.616. The Kier molecular flexibility index (Phi) is 15.1. The molecule has 0 aromatic rings. The maximum atomic E-state index is 5.53. The Hall–Kier alpha value is 0.524. The van der Waals surface area contributed by atoms with Gasteiger partial charge in [0.1, 0.15) is 0 Å². The molecule has 0 aliphatic rings. The van der Waals surface area contributed by atoms with E-state index in [9.17, 15) is 0 Å². The van der Waals surface area contributed by atoms with Gasteiger partial charge in [-0.15, -0.1) is 11.6 Å². The summed E-state index contributed by atoms with van der Waals surface area (Å²) in [6, 6.07) is 0.778. The van der Waals surface area contributed by atoms with Gasteiger partial charge in [0.25, 0.3) is 0 Å². The zero-order valence-electron chi connectivity index (χ0n) is 11.6. The molecule has 0 amide bonds. The zero-order valence-corrected chi connectivity index (χ0v) is 14.5. The predicted molar refractivity (Wildman–Crippen MR) is 74.0 cm³/mol. The summed E-state index contributed by atoms with van der Waals surface area (Å²) in [6.45, 7) is 1.97. The van der Waals surface area contributed by atoms with E-state index in [2.05, 4.69) is 0 Å². The Labute approximate surface area is 113 Å². The van der Waals surface area contributed by atoms with Crippen LogP contribution in [0.15, 0.2) is 0 Å². The summed E-state index contributed by atoms with van der Waals surface area (Å²) >= 11 is 5.53. The molecule has 17 heavy (non-hydrogen) atoms. The summed E-state index contributed by atoms with van der Waals surface area (Å²) in [6.07, 6.45) is 0.864. The average Bonchev–Trinajstić information content (AvgIpc) is 2.41. The van der Waals surface area contributed by atoms with Crippen LogP contribution in [0.25, 0.3) is 0 Å². The summed E-state index contributed by atoms with van der Waals surface area (Å²) in [5, 5.41) is 0. The minimum Gasteiger partial charge on any atom is -0.400 e. The largest absolute Gasteiger partial charge is 0.500 e. The standard InChI is InChI=1S/C6H15ClO3Si.C3H10O2Si/c1-8-11(9-2,10-3)6-4-5-7;1-4-6(3)5-2/h4-6H2,1-3H3;6H,1-3H3. The molecule has 0 fully saturated rings. The van der Waals surface area contributed by atoms with Gasteiger partial charge in [-0.1, -0.05) is 0 Å². The third-order valence-electron chi connectivity index (χ3n) is 2.21. The van der Waals surface area contributed by atoms with E-state index in [-0.39, 0.29) is 0 Å². The highest BCUT2D eigenvalue weighted by Gasteiger charge is 2.36. The van der Waals surface area contributed by atoms with Crippen molar-refractivity contribution < 1.29 is 22.1 Å². The maximum Gasteiger partial charge on any atom is 0.500 e. The number of halogens is 1. The van der Waals surface area contributed by atoms with Gasteiger partial charge in [0.15, 0.2) is 0 Å². The van der Waals surface area contributed by atoms with E-state index in [1.165, 1.54) is 0 Å². The average molecular weight is 305 g/mol. The minimum absolute atomic E-state index is 0.616. The number of hydrogen-bond donors (Lipinski definition) is 0. The van der Waals surface area contributed by atoms with Crippen LogP contribution in [0.5, 0.6) is 0 Å². The van der Waals surface area contributed by atoms with E-state index in [0.717, 1.165) is 12.5 Å². The summed E-state index contributed by atoms with van der Waals surface area (Å²) in [5.41, 5.74) is 0. The van der Waals surface area contributed by atoms with Crippen molar-refractivity contribution in [3.05, 3.63) is 0 Å². The first-order valence-electron chi connectivity index (χ1n) is 5.32. The van der Waals surface area contributed by atoms with Crippen LogP contribution in [0.4, 0.5) is 0 Å². The van der Waals surface area contributed by atoms with Crippen molar-refractivity contribution in [1.29, 1.82) is 0 Å². The fourth-order valence-corrected chi connectivity index (χ4v) is 3.21. The molecule has 106 valence electrons. The highest BCUT2D eigenvalue weighted by molar-refractivity contribution is 6.60. The lowest BCUT2D eigenvalue weighted by atomic mass is 10.6. The SMILES string of the molecule is CO[SiH](C)OC.CO[Si](CCCCl)(OC)OC. The lowest BCUT2D eigenvalue weighted by Gasteiger charge is -2.23. The van der Waals surface area contributed by atoms with Gasteiger partial charge in [0, 0.05) is 47.5 Å². The molecule has 0 unspecified atom stereocenters. The molecule has 0 rings (SSSR count). The smallest absolute Gasteiger partial charge is 0.400 e. The molecule has 8 heteroatoms. The number of hydrogen-bond acceptors (Lipinski definition) is 5. The van der Waals surface area contributed by atoms with Crippen LogP contribution in [0, 0.1) is 0 Å². The van der Waals surface area contributed by atoms with Crippen molar-refractivity contribution in [2.24, 2.45) is 0 Å². The second-order valence-corrected chi connectivity index (χ2v) is 8.67. The van der Waals surface area contributed by atoms with Gasteiger partial charge in [0.05, 0.1) is 0 Å². The fraction of sp³-hybridized carbons (Fsp3) is 1.00. The normalized spacial score (nSPS) is 11.3. The second kappa shape index (κ2) is 13.0. The van der Waals surface area contributed by atoms with E-state index >= 15 is 0 Å². The molecule has 0 aliphatic carbocycles. The quantitative estimate of drug-likeness (QED) is 0.504. The molecule has 0 aliphatic heterocycles. The van der Waals surface area contributed by atoms with Crippen LogP contribution in [0.3, 0.4) is 0 Å². The Morgan fingerprint density at radius 2 is 1.35 bits per heavy atom. The van der Waals surface area contributed by atoms with Crippen LogP contribution in [0.2, 0.25) is 12.6 Å². The molecular weight excluding hydrogens is 280 g/mol. The first kappa shape index (κ1) is 19.9. The maximum absolute atomic E-state index is 5.53. The van der Waals surface area contributed by atoms with Crippen molar-refractivity contribution in [3.63, 3.8) is 0 Å². The van der Waals surface area contributed by atoms with Crippen LogP contribution in [-0.2, 0) is 22.1 Å². The molecule has 0 bridgehead atoms. The topological polar surface area (TPSA) is 46.2 Å². The molecule has 0 saturated heterocycles. The first-order valence-corrected chi connectivity index (χ1v) is 9.89. The second-order valence-electron chi connectivity index (χ2n) is 3.13. The van der Waals surface area contributed by atoms with Gasteiger partial charge in [-0.25, -0.2) is 0 Å². The van der Waals surface area contributed by atoms with Gasteiger partial charge in [-0.05, 0) is 13.0 Å². The van der Waals surface area contributed by atoms with Crippen molar-refractivity contribution in [1.82, 2.24) is 0 Å². The molecule has 5 nitrogen and oxygen atoms in total. The van der Waals surface area contributed by atoms with Crippen molar-refractivity contribution in [3.8, 4) is 0 Å². The van der Waals surface area contributed by atoms with E-state index in [0.29, 0.717) is 5.88 Å². The molecule has 0 heterocycles. The van der Waals surface area contributed by atoms with Crippen LogP contribution < -0.4 is 0 Å². The molecule has 0 atom stereocenters.